The van der Waals surface area contributed by atoms with Crippen molar-refractivity contribution in [2.24, 2.45) is 7.05 Å². The first kappa shape index (κ1) is 16.7. The molecule has 0 atom stereocenters. The van der Waals surface area contributed by atoms with Crippen LogP contribution >= 0.6 is 0 Å². The number of benzene rings is 1. The third-order valence-electron chi connectivity index (χ3n) is 4.84. The Morgan fingerprint density at radius 3 is 2.54 bits per heavy atom. The summed E-state index contributed by atoms with van der Waals surface area (Å²) in [6, 6.07) is 4.19. The maximum absolute atomic E-state index is 13.5. The molecule has 1 aliphatic rings. The summed E-state index contributed by atoms with van der Waals surface area (Å²) < 4.78 is 15.2. The van der Waals surface area contributed by atoms with E-state index in [1.165, 1.54) is 31.4 Å². The molecule has 128 valence electrons. The van der Waals surface area contributed by atoms with E-state index in [0.29, 0.717) is 5.52 Å². The Morgan fingerprint density at radius 2 is 1.83 bits per heavy atom. The summed E-state index contributed by atoms with van der Waals surface area (Å²) in [5.41, 5.74) is 0.285. The lowest BCUT2D eigenvalue weighted by atomic mass is 9.96. The van der Waals surface area contributed by atoms with Crippen molar-refractivity contribution < 1.29 is 9.18 Å². The maximum atomic E-state index is 13.5. The van der Waals surface area contributed by atoms with Gasteiger partial charge < -0.3 is 9.88 Å². The number of aromatic nitrogens is 1. The number of pyridine rings is 1. The van der Waals surface area contributed by atoms with Gasteiger partial charge in [0.05, 0.1) is 5.52 Å². The van der Waals surface area contributed by atoms with E-state index in [2.05, 4.69) is 5.32 Å². The minimum Gasteiger partial charge on any atom is -0.350 e. The monoisotopic (exact) mass is 330 g/mol. The van der Waals surface area contributed by atoms with Crippen LogP contribution in [0, 0.1) is 5.82 Å². The fourth-order valence-electron chi connectivity index (χ4n) is 3.49. The molecular weight excluding hydrogens is 307 g/mol. The first-order valence-corrected chi connectivity index (χ1v) is 8.66. The zero-order chi connectivity index (χ0) is 17.1. The molecule has 1 amide bonds. The van der Waals surface area contributed by atoms with Gasteiger partial charge in [-0.3, -0.25) is 9.59 Å². The van der Waals surface area contributed by atoms with Gasteiger partial charge in [0.1, 0.15) is 11.4 Å². The summed E-state index contributed by atoms with van der Waals surface area (Å²) in [7, 11) is 1.76. The number of hydrogen-bond acceptors (Lipinski definition) is 2. The number of hydrogen-bond donors (Lipinski definition) is 1. The van der Waals surface area contributed by atoms with Crippen molar-refractivity contribution in [1.82, 2.24) is 9.88 Å². The Morgan fingerprint density at radius 1 is 1.17 bits per heavy atom. The maximum Gasteiger partial charge on any atom is 0.256 e. The third-order valence-corrected chi connectivity index (χ3v) is 4.84. The van der Waals surface area contributed by atoms with Crippen molar-refractivity contribution in [3.05, 3.63) is 46.0 Å². The smallest absolute Gasteiger partial charge is 0.256 e. The first-order chi connectivity index (χ1) is 11.6. The van der Waals surface area contributed by atoms with Crippen LogP contribution in [0.4, 0.5) is 4.39 Å². The lowest BCUT2D eigenvalue weighted by Gasteiger charge is -2.21. The average molecular weight is 330 g/mol. The van der Waals surface area contributed by atoms with Crippen LogP contribution in [-0.2, 0) is 7.05 Å². The van der Waals surface area contributed by atoms with E-state index < -0.39 is 11.2 Å². The van der Waals surface area contributed by atoms with Crippen LogP contribution in [0.2, 0.25) is 0 Å². The van der Waals surface area contributed by atoms with E-state index in [-0.39, 0.29) is 22.9 Å². The highest BCUT2D eigenvalue weighted by Crippen LogP contribution is 2.18. The molecule has 1 aromatic carbocycles. The van der Waals surface area contributed by atoms with Crippen LogP contribution in [-0.4, -0.2) is 16.5 Å². The molecule has 4 nitrogen and oxygen atoms in total. The quantitative estimate of drug-likeness (QED) is 0.916. The molecule has 0 bridgehead atoms. The number of carbonyl (C=O) groups excluding carboxylic acids is 1. The third kappa shape index (κ3) is 3.50. The van der Waals surface area contributed by atoms with Gasteiger partial charge in [-0.1, -0.05) is 32.1 Å². The normalized spacial score (nSPS) is 16.6. The lowest BCUT2D eigenvalue weighted by molar-refractivity contribution is 0.0929. The number of nitrogens with zero attached hydrogens (tertiary/aromatic N) is 1. The second-order valence-electron chi connectivity index (χ2n) is 6.66. The Labute approximate surface area is 140 Å². The van der Waals surface area contributed by atoms with Crippen LogP contribution in [0.1, 0.15) is 55.3 Å². The number of fused-ring (bicyclic) bond motifs is 1. The Kier molecular flexibility index (Phi) is 4.97. The van der Waals surface area contributed by atoms with Crippen LogP contribution < -0.4 is 10.7 Å². The Balaban J connectivity index is 1.89. The van der Waals surface area contributed by atoms with Gasteiger partial charge in [0.25, 0.3) is 5.91 Å². The second kappa shape index (κ2) is 7.16. The van der Waals surface area contributed by atoms with Gasteiger partial charge in [-0.2, -0.15) is 0 Å². The molecule has 1 N–H and O–H groups in total. The number of rotatable bonds is 2. The van der Waals surface area contributed by atoms with E-state index in [1.54, 1.807) is 23.9 Å². The molecule has 0 unspecified atom stereocenters. The number of nitrogens with one attached hydrogen (secondary N) is 1. The van der Waals surface area contributed by atoms with Crippen molar-refractivity contribution in [2.45, 2.75) is 51.0 Å². The summed E-state index contributed by atoms with van der Waals surface area (Å²) in [6.45, 7) is 0. The zero-order valence-corrected chi connectivity index (χ0v) is 14.0. The van der Waals surface area contributed by atoms with Gasteiger partial charge in [0, 0.05) is 24.7 Å². The van der Waals surface area contributed by atoms with Crippen molar-refractivity contribution in [3.8, 4) is 0 Å². The second-order valence-corrected chi connectivity index (χ2v) is 6.66. The van der Waals surface area contributed by atoms with Gasteiger partial charge in [-0.05, 0) is 31.0 Å². The molecule has 0 aliphatic heterocycles. The average Bonchev–Trinajstić information content (AvgIpc) is 2.53. The van der Waals surface area contributed by atoms with E-state index in [0.717, 1.165) is 25.7 Å². The van der Waals surface area contributed by atoms with E-state index in [1.807, 2.05) is 0 Å². The molecule has 3 rings (SSSR count). The lowest BCUT2D eigenvalue weighted by Crippen LogP contribution is -2.38. The van der Waals surface area contributed by atoms with Gasteiger partial charge >= 0.3 is 0 Å². The van der Waals surface area contributed by atoms with Gasteiger partial charge in [-0.25, -0.2) is 4.39 Å². The van der Waals surface area contributed by atoms with Crippen LogP contribution in [0.3, 0.4) is 0 Å². The molecule has 1 fully saturated rings. The number of amides is 1. The fraction of sp³-hybridized carbons (Fsp3) is 0.474. The summed E-state index contributed by atoms with van der Waals surface area (Å²) in [5.74, 6) is -0.829. The molecule has 0 radical (unpaired) electrons. The summed E-state index contributed by atoms with van der Waals surface area (Å²) in [4.78, 5) is 25.2. The summed E-state index contributed by atoms with van der Waals surface area (Å²) >= 11 is 0. The van der Waals surface area contributed by atoms with Crippen LogP contribution in [0.15, 0.2) is 29.2 Å². The molecule has 1 saturated carbocycles. The molecule has 2 aromatic rings. The van der Waals surface area contributed by atoms with Gasteiger partial charge in [0.2, 0.25) is 5.43 Å². The number of carbonyl (C=O) groups is 1. The molecule has 5 heteroatoms. The van der Waals surface area contributed by atoms with Crippen molar-refractivity contribution >= 4 is 16.8 Å². The standard InChI is InChI=1S/C19H23FN2O2/c1-22-12-16(18(23)15-11-13(20)9-10-17(15)22)19(24)21-14-7-5-3-2-4-6-8-14/h9-12,14H,2-8H2,1H3,(H,21,24). The summed E-state index contributed by atoms with van der Waals surface area (Å²) in [6.07, 6.45) is 9.31. The van der Waals surface area contributed by atoms with Gasteiger partial charge in [-0.15, -0.1) is 0 Å². The van der Waals surface area contributed by atoms with E-state index >= 15 is 0 Å². The number of halogens is 1. The predicted molar refractivity (Wildman–Crippen MR) is 92.7 cm³/mol. The van der Waals surface area contributed by atoms with E-state index in [4.69, 9.17) is 0 Å². The zero-order valence-electron chi connectivity index (χ0n) is 14.0. The predicted octanol–water partition coefficient (Wildman–Crippen LogP) is 3.52. The number of aryl methyl sites for hydroxylation is 1. The minimum absolute atomic E-state index is 0.0812. The SMILES string of the molecule is Cn1cc(C(=O)NC2CCCCCCC2)c(=O)c2cc(F)ccc21. The molecular formula is C19H23FN2O2. The molecule has 1 aliphatic carbocycles. The Hall–Kier alpha value is -2.17. The highest BCUT2D eigenvalue weighted by atomic mass is 19.1. The van der Waals surface area contributed by atoms with E-state index in [9.17, 15) is 14.0 Å². The highest BCUT2D eigenvalue weighted by Gasteiger charge is 2.19. The fourth-order valence-corrected chi connectivity index (χ4v) is 3.49. The van der Waals surface area contributed by atoms with Gasteiger partial charge in [0.15, 0.2) is 0 Å². The minimum atomic E-state index is -0.475. The molecule has 0 saturated heterocycles. The molecule has 24 heavy (non-hydrogen) atoms. The van der Waals surface area contributed by atoms with Crippen molar-refractivity contribution in [2.75, 3.05) is 0 Å². The summed E-state index contributed by atoms with van der Waals surface area (Å²) in [5, 5.41) is 3.24. The van der Waals surface area contributed by atoms with Crippen LogP contribution in [0.5, 0.6) is 0 Å². The first-order valence-electron chi connectivity index (χ1n) is 8.66. The highest BCUT2D eigenvalue weighted by molar-refractivity contribution is 5.97. The Bertz CT molecular complexity index is 805. The topological polar surface area (TPSA) is 51.1 Å². The molecule has 1 heterocycles. The largest absolute Gasteiger partial charge is 0.350 e. The van der Waals surface area contributed by atoms with Crippen molar-refractivity contribution in [3.63, 3.8) is 0 Å². The van der Waals surface area contributed by atoms with Crippen molar-refractivity contribution in [1.29, 1.82) is 0 Å². The molecule has 1 aromatic heterocycles. The van der Waals surface area contributed by atoms with Crippen LogP contribution in [0.25, 0.3) is 10.9 Å². The molecule has 0 spiro atoms.